The third-order valence-electron chi connectivity index (χ3n) is 3.04. The van der Waals surface area contributed by atoms with E-state index in [4.69, 9.17) is 0 Å². The van der Waals surface area contributed by atoms with Crippen LogP contribution in [0.25, 0.3) is 0 Å². The van der Waals surface area contributed by atoms with Gasteiger partial charge in [-0.1, -0.05) is 0 Å². The van der Waals surface area contributed by atoms with Gasteiger partial charge in [0.1, 0.15) is 11.0 Å². The molecule has 1 aliphatic heterocycles. The van der Waals surface area contributed by atoms with Crippen LogP contribution in [0.2, 0.25) is 0 Å². The molecule has 1 aliphatic rings. The molecule has 1 aromatic heterocycles. The lowest BCUT2D eigenvalue weighted by molar-refractivity contribution is -0.146. The van der Waals surface area contributed by atoms with E-state index < -0.39 is 30.0 Å². The molecule has 1 aromatic rings. The number of methoxy groups -OCH3 is 1. The molecule has 0 bridgehead atoms. The summed E-state index contributed by atoms with van der Waals surface area (Å²) in [6.07, 6.45) is -4.95. The summed E-state index contributed by atoms with van der Waals surface area (Å²) in [7, 11) is 1.23. The van der Waals surface area contributed by atoms with Crippen molar-refractivity contribution in [1.82, 2.24) is 9.88 Å². The second-order valence-corrected chi connectivity index (χ2v) is 5.42. The fraction of sp³-hybridized carbons (Fsp3) is 0.636. The summed E-state index contributed by atoms with van der Waals surface area (Å²) in [5, 5.41) is 10.8. The van der Waals surface area contributed by atoms with Crippen molar-refractivity contribution in [2.75, 3.05) is 13.7 Å². The van der Waals surface area contributed by atoms with Gasteiger partial charge in [0.25, 0.3) is 0 Å². The normalized spacial score (nSPS) is 24.1. The first-order chi connectivity index (χ1) is 9.31. The van der Waals surface area contributed by atoms with Crippen molar-refractivity contribution in [3.05, 3.63) is 16.1 Å². The summed E-state index contributed by atoms with van der Waals surface area (Å²) >= 11 is 0.879. The Morgan fingerprint density at radius 3 is 2.90 bits per heavy atom. The van der Waals surface area contributed by atoms with E-state index in [1.807, 2.05) is 0 Å². The number of carbonyl (C=O) groups excluding carboxylic acids is 1. The quantitative estimate of drug-likeness (QED) is 0.852. The van der Waals surface area contributed by atoms with Crippen molar-refractivity contribution >= 4 is 17.3 Å². The van der Waals surface area contributed by atoms with Gasteiger partial charge < -0.3 is 9.84 Å². The van der Waals surface area contributed by atoms with Gasteiger partial charge in [-0.15, -0.1) is 11.3 Å². The number of aromatic nitrogens is 1. The molecule has 5 nitrogen and oxygen atoms in total. The second kappa shape index (κ2) is 5.66. The molecule has 0 aliphatic carbocycles. The zero-order valence-electron chi connectivity index (χ0n) is 10.6. The number of halogens is 3. The van der Waals surface area contributed by atoms with E-state index in [2.05, 4.69) is 9.72 Å². The molecule has 20 heavy (non-hydrogen) atoms. The molecule has 1 fully saturated rings. The van der Waals surface area contributed by atoms with Crippen LogP contribution in [0.4, 0.5) is 13.2 Å². The van der Waals surface area contributed by atoms with Crippen LogP contribution in [-0.4, -0.2) is 46.8 Å². The van der Waals surface area contributed by atoms with Gasteiger partial charge in [-0.3, -0.25) is 9.69 Å². The standard InChI is InChI=1S/C11H13F3N2O3S/c1-19-10(18)7-2-6(17)3-16(7)4-9-15-8(5-20-9)11(12,13)14/h5-7,17H,2-4H2,1H3/t6-,7-/m1/s1. The lowest BCUT2D eigenvalue weighted by atomic mass is 10.2. The number of aliphatic hydroxyl groups excluding tert-OH is 1. The van der Waals surface area contributed by atoms with E-state index in [1.54, 1.807) is 4.90 Å². The highest BCUT2D eigenvalue weighted by atomic mass is 32.1. The van der Waals surface area contributed by atoms with E-state index in [9.17, 15) is 23.1 Å². The molecule has 2 atom stereocenters. The zero-order chi connectivity index (χ0) is 14.9. The summed E-state index contributed by atoms with van der Waals surface area (Å²) in [6.45, 7) is 0.290. The first-order valence-corrected chi connectivity index (χ1v) is 6.70. The van der Waals surface area contributed by atoms with Crippen LogP contribution in [0.1, 0.15) is 17.1 Å². The summed E-state index contributed by atoms with van der Waals surface area (Å²) in [5.74, 6) is -0.505. The van der Waals surface area contributed by atoms with E-state index >= 15 is 0 Å². The number of hydrogen-bond acceptors (Lipinski definition) is 6. The predicted molar refractivity (Wildman–Crippen MR) is 64.0 cm³/mol. The molecule has 112 valence electrons. The third kappa shape index (κ3) is 3.28. The Morgan fingerprint density at radius 1 is 1.65 bits per heavy atom. The molecule has 1 saturated heterocycles. The smallest absolute Gasteiger partial charge is 0.434 e. The molecule has 9 heteroatoms. The van der Waals surface area contributed by atoms with Crippen LogP contribution in [-0.2, 0) is 22.3 Å². The number of β-amino-alcohol motifs (C(OH)–C–C–N with tert-alkyl or cyclic N) is 1. The highest BCUT2D eigenvalue weighted by Crippen LogP contribution is 2.31. The van der Waals surface area contributed by atoms with Gasteiger partial charge in [0.15, 0.2) is 5.69 Å². The summed E-state index contributed by atoms with van der Waals surface area (Å²) in [4.78, 5) is 16.6. The number of likely N-dealkylation sites (tertiary alicyclic amines) is 1. The van der Waals surface area contributed by atoms with Crippen LogP contribution in [0, 0.1) is 0 Å². The lowest BCUT2D eigenvalue weighted by Crippen LogP contribution is -2.36. The SMILES string of the molecule is COC(=O)[C@H]1C[C@@H](O)CN1Cc1nc(C(F)(F)F)cs1. The van der Waals surface area contributed by atoms with E-state index in [0.29, 0.717) is 0 Å². The fourth-order valence-electron chi connectivity index (χ4n) is 2.12. The number of hydrogen-bond donors (Lipinski definition) is 1. The highest BCUT2D eigenvalue weighted by Gasteiger charge is 2.38. The van der Waals surface area contributed by atoms with E-state index in [1.165, 1.54) is 7.11 Å². The number of nitrogens with zero attached hydrogens (tertiary/aromatic N) is 2. The number of thiazole rings is 1. The number of esters is 1. The number of alkyl halides is 3. The first-order valence-electron chi connectivity index (χ1n) is 5.82. The number of rotatable bonds is 3. The van der Waals surface area contributed by atoms with Gasteiger partial charge in [-0.25, -0.2) is 4.98 Å². The Hall–Kier alpha value is -1.19. The Labute approximate surface area is 117 Å². The minimum atomic E-state index is -4.47. The molecular formula is C11H13F3N2O3S. The van der Waals surface area contributed by atoms with Crippen molar-refractivity contribution < 1.29 is 27.8 Å². The zero-order valence-corrected chi connectivity index (χ0v) is 11.4. The summed E-state index contributed by atoms with van der Waals surface area (Å²) < 4.78 is 42.0. The van der Waals surface area contributed by atoms with Crippen LogP contribution in [0.15, 0.2) is 5.38 Å². The van der Waals surface area contributed by atoms with E-state index in [-0.39, 0.29) is 24.5 Å². The average molecular weight is 310 g/mol. The topological polar surface area (TPSA) is 62.7 Å². The predicted octanol–water partition coefficient (Wildman–Crippen LogP) is 1.27. The number of aliphatic hydroxyl groups is 1. The fourth-order valence-corrected chi connectivity index (χ4v) is 2.95. The minimum absolute atomic E-state index is 0.0809. The highest BCUT2D eigenvalue weighted by molar-refractivity contribution is 7.09. The first kappa shape index (κ1) is 15.2. The minimum Gasteiger partial charge on any atom is -0.468 e. The molecule has 0 amide bonds. The largest absolute Gasteiger partial charge is 0.468 e. The summed E-state index contributed by atoms with van der Waals surface area (Å²) in [6, 6.07) is -0.645. The Morgan fingerprint density at radius 2 is 2.35 bits per heavy atom. The number of ether oxygens (including phenoxy) is 1. The van der Waals surface area contributed by atoms with Crippen molar-refractivity contribution in [2.45, 2.75) is 31.3 Å². The third-order valence-corrected chi connectivity index (χ3v) is 3.87. The van der Waals surface area contributed by atoms with E-state index in [0.717, 1.165) is 16.7 Å². The second-order valence-electron chi connectivity index (χ2n) is 4.48. The Bertz CT molecular complexity index is 492. The van der Waals surface area contributed by atoms with Gasteiger partial charge in [-0.2, -0.15) is 13.2 Å². The molecule has 0 aromatic carbocycles. The maximum atomic E-state index is 12.5. The maximum absolute atomic E-state index is 12.5. The Kier molecular flexibility index (Phi) is 4.31. The Balaban J connectivity index is 2.08. The van der Waals surface area contributed by atoms with Gasteiger partial charge in [-0.05, 0) is 0 Å². The van der Waals surface area contributed by atoms with Gasteiger partial charge >= 0.3 is 12.1 Å². The molecule has 0 radical (unpaired) electrons. The molecule has 0 spiro atoms. The van der Waals surface area contributed by atoms with Gasteiger partial charge in [0.05, 0.1) is 19.8 Å². The molecule has 1 N–H and O–H groups in total. The van der Waals surface area contributed by atoms with Gasteiger partial charge in [0.2, 0.25) is 0 Å². The maximum Gasteiger partial charge on any atom is 0.434 e. The lowest BCUT2D eigenvalue weighted by Gasteiger charge is -2.20. The van der Waals surface area contributed by atoms with Crippen LogP contribution in [0.5, 0.6) is 0 Å². The molecule has 2 rings (SSSR count). The number of carbonyl (C=O) groups is 1. The van der Waals surface area contributed by atoms with Crippen molar-refractivity contribution in [2.24, 2.45) is 0 Å². The molecule has 0 saturated carbocycles. The van der Waals surface area contributed by atoms with Crippen molar-refractivity contribution in [3.63, 3.8) is 0 Å². The summed E-state index contributed by atoms with van der Waals surface area (Å²) in [5.41, 5.74) is -0.938. The molecule has 0 unspecified atom stereocenters. The van der Waals surface area contributed by atoms with Crippen molar-refractivity contribution in [3.8, 4) is 0 Å². The van der Waals surface area contributed by atoms with Crippen LogP contribution >= 0.6 is 11.3 Å². The van der Waals surface area contributed by atoms with Crippen molar-refractivity contribution in [1.29, 1.82) is 0 Å². The molecular weight excluding hydrogens is 297 g/mol. The monoisotopic (exact) mass is 310 g/mol. The van der Waals surface area contributed by atoms with Crippen LogP contribution < -0.4 is 0 Å². The average Bonchev–Trinajstić information content (AvgIpc) is 2.95. The van der Waals surface area contributed by atoms with Crippen LogP contribution in [0.3, 0.4) is 0 Å². The molecule has 2 heterocycles. The van der Waals surface area contributed by atoms with Gasteiger partial charge in [0, 0.05) is 18.3 Å².